The topological polar surface area (TPSA) is 77.4 Å². The molecule has 6 nitrogen and oxygen atoms in total. The van der Waals surface area contributed by atoms with Gasteiger partial charge in [0, 0.05) is 13.2 Å². The van der Waals surface area contributed by atoms with Crippen molar-refractivity contribution in [2.75, 3.05) is 39.6 Å². The van der Waals surface area contributed by atoms with Gasteiger partial charge in [0.15, 0.2) is 0 Å². The molecule has 0 aliphatic heterocycles. The highest BCUT2D eigenvalue weighted by atomic mass is 16.5. The van der Waals surface area contributed by atoms with Crippen molar-refractivity contribution in [1.29, 1.82) is 0 Å². The minimum absolute atomic E-state index is 0.190. The van der Waals surface area contributed by atoms with Crippen molar-refractivity contribution in [2.45, 2.75) is 104 Å². The quantitative estimate of drug-likeness (QED) is 0.424. The number of hydrogen-bond donors (Lipinski definition) is 2. The molecule has 2 unspecified atom stereocenters. The number of aliphatic hydroxyl groups excluding tert-OH is 2. The third-order valence-corrected chi connectivity index (χ3v) is 3.32. The molecule has 0 spiro atoms. The summed E-state index contributed by atoms with van der Waals surface area (Å²) in [5, 5.41) is 18.9. The lowest BCUT2D eigenvalue weighted by Crippen LogP contribution is -2.29. The largest absolute Gasteiger partial charge is 0.388 e. The molecule has 0 saturated carbocycles. The third-order valence-electron chi connectivity index (χ3n) is 3.32. The van der Waals surface area contributed by atoms with Crippen LogP contribution in [0.4, 0.5) is 0 Å². The van der Waals surface area contributed by atoms with E-state index >= 15 is 0 Å². The van der Waals surface area contributed by atoms with Crippen LogP contribution in [0.25, 0.3) is 0 Å². The first-order chi connectivity index (χ1) is 12.9. The summed E-state index contributed by atoms with van der Waals surface area (Å²) in [5.74, 6) is 0. The van der Waals surface area contributed by atoms with E-state index in [0.717, 1.165) is 38.9 Å². The van der Waals surface area contributed by atoms with Gasteiger partial charge in [0.25, 0.3) is 0 Å². The van der Waals surface area contributed by atoms with E-state index in [1.807, 2.05) is 41.5 Å². The highest BCUT2D eigenvalue weighted by Gasteiger charge is 2.14. The van der Waals surface area contributed by atoms with Crippen LogP contribution in [0.2, 0.25) is 0 Å². The fourth-order valence-electron chi connectivity index (χ4n) is 1.72. The summed E-state index contributed by atoms with van der Waals surface area (Å²) < 4.78 is 21.4. The van der Waals surface area contributed by atoms with Crippen LogP contribution in [0.3, 0.4) is 0 Å². The van der Waals surface area contributed by atoms with Crippen molar-refractivity contribution >= 4 is 0 Å². The van der Waals surface area contributed by atoms with E-state index in [1.54, 1.807) is 0 Å². The third kappa shape index (κ3) is 28.0. The maximum atomic E-state index is 9.46. The summed E-state index contributed by atoms with van der Waals surface area (Å²) >= 11 is 0. The van der Waals surface area contributed by atoms with Crippen molar-refractivity contribution in [1.82, 2.24) is 0 Å². The molecule has 0 aliphatic carbocycles. The molecule has 2 N–H and O–H groups in total. The van der Waals surface area contributed by atoms with E-state index in [2.05, 4.69) is 13.8 Å². The minimum Gasteiger partial charge on any atom is -0.388 e. The smallest absolute Gasteiger partial charge is 0.101 e. The summed E-state index contributed by atoms with van der Waals surface area (Å²) in [6.07, 6.45) is 3.32. The van der Waals surface area contributed by atoms with Crippen molar-refractivity contribution in [3.05, 3.63) is 0 Å². The van der Waals surface area contributed by atoms with Gasteiger partial charge >= 0.3 is 0 Å². The Hall–Kier alpha value is -0.240. The summed E-state index contributed by atoms with van der Waals surface area (Å²) in [5.41, 5.74) is -0.380. The van der Waals surface area contributed by atoms with Crippen molar-refractivity contribution in [2.24, 2.45) is 0 Å². The second-order valence-electron chi connectivity index (χ2n) is 9.01. The first kappa shape index (κ1) is 30.0. The standard InChI is InChI=1S/2C11H24O3/c2*1-5-6-7-13-8-10(12)9-14-11(2,3)4/h2*10,12H,5-9H2,1-4H3. The number of rotatable bonds is 14. The summed E-state index contributed by atoms with van der Waals surface area (Å²) in [4.78, 5) is 0. The number of aliphatic hydroxyl groups is 2. The summed E-state index contributed by atoms with van der Waals surface area (Å²) in [6, 6.07) is 0. The van der Waals surface area contributed by atoms with E-state index in [1.165, 1.54) is 0 Å². The molecule has 0 heterocycles. The first-order valence-corrected chi connectivity index (χ1v) is 10.7. The average Bonchev–Trinajstić information content (AvgIpc) is 2.58. The molecule has 0 amide bonds. The lowest BCUT2D eigenvalue weighted by molar-refractivity contribution is -0.0715. The molecule has 0 bridgehead atoms. The highest BCUT2D eigenvalue weighted by Crippen LogP contribution is 2.08. The second-order valence-corrected chi connectivity index (χ2v) is 9.01. The zero-order chi connectivity index (χ0) is 22.1. The zero-order valence-electron chi connectivity index (χ0n) is 19.8. The number of ether oxygens (including phenoxy) is 4. The van der Waals surface area contributed by atoms with Gasteiger partial charge in [0.05, 0.1) is 37.6 Å². The Morgan fingerprint density at radius 1 is 0.607 bits per heavy atom. The Kier molecular flexibility index (Phi) is 18.8. The maximum absolute atomic E-state index is 9.46. The Morgan fingerprint density at radius 3 is 1.18 bits per heavy atom. The SMILES string of the molecule is CCCCOCC(O)COC(C)(C)C.CCCCOCC(O)COC(C)(C)C. The van der Waals surface area contributed by atoms with Crippen LogP contribution in [-0.4, -0.2) is 73.3 Å². The van der Waals surface area contributed by atoms with Gasteiger partial charge in [-0.3, -0.25) is 0 Å². The molecule has 0 aromatic carbocycles. The van der Waals surface area contributed by atoms with Crippen LogP contribution >= 0.6 is 0 Å². The molecule has 6 heteroatoms. The molecule has 0 radical (unpaired) electrons. The van der Waals surface area contributed by atoms with Crippen molar-refractivity contribution in [3.63, 3.8) is 0 Å². The second kappa shape index (κ2) is 17.6. The molecule has 0 aromatic rings. The van der Waals surface area contributed by atoms with E-state index in [-0.39, 0.29) is 11.2 Å². The molecule has 0 rings (SSSR count). The van der Waals surface area contributed by atoms with Crippen LogP contribution in [0.15, 0.2) is 0 Å². The molecular weight excluding hydrogens is 360 g/mol. The molecular formula is C22H48O6. The maximum Gasteiger partial charge on any atom is 0.101 e. The fourth-order valence-corrected chi connectivity index (χ4v) is 1.72. The van der Waals surface area contributed by atoms with Crippen LogP contribution < -0.4 is 0 Å². The molecule has 2 atom stereocenters. The predicted molar refractivity (Wildman–Crippen MR) is 115 cm³/mol. The monoisotopic (exact) mass is 408 g/mol. The first-order valence-electron chi connectivity index (χ1n) is 10.7. The van der Waals surface area contributed by atoms with Gasteiger partial charge in [-0.25, -0.2) is 0 Å². The minimum atomic E-state index is -0.508. The van der Waals surface area contributed by atoms with Crippen molar-refractivity contribution < 1.29 is 29.2 Å². The normalized spacial score (nSPS) is 14.4. The zero-order valence-corrected chi connectivity index (χ0v) is 19.8. The Bertz CT molecular complexity index is 290. The van der Waals surface area contributed by atoms with Crippen LogP contribution in [-0.2, 0) is 18.9 Å². The van der Waals surface area contributed by atoms with Gasteiger partial charge in [0.2, 0.25) is 0 Å². The lowest BCUT2D eigenvalue weighted by atomic mass is 10.2. The van der Waals surface area contributed by atoms with Gasteiger partial charge in [-0.05, 0) is 54.4 Å². The summed E-state index contributed by atoms with van der Waals surface area (Å²) in [7, 11) is 0. The van der Waals surface area contributed by atoms with Crippen molar-refractivity contribution in [3.8, 4) is 0 Å². The highest BCUT2D eigenvalue weighted by molar-refractivity contribution is 4.62. The molecule has 0 saturated heterocycles. The summed E-state index contributed by atoms with van der Waals surface area (Å²) in [6.45, 7) is 18.9. The molecule has 172 valence electrons. The molecule has 0 fully saturated rings. The number of hydrogen-bond acceptors (Lipinski definition) is 6. The van der Waals surface area contributed by atoms with Crippen LogP contribution in [0.1, 0.15) is 81.1 Å². The lowest BCUT2D eigenvalue weighted by Gasteiger charge is -2.21. The van der Waals surface area contributed by atoms with E-state index in [9.17, 15) is 10.2 Å². The predicted octanol–water partition coefficient (Wildman–Crippen LogP) is 3.96. The Morgan fingerprint density at radius 2 is 0.929 bits per heavy atom. The van der Waals surface area contributed by atoms with Gasteiger partial charge in [-0.2, -0.15) is 0 Å². The van der Waals surface area contributed by atoms with Crippen LogP contribution in [0, 0.1) is 0 Å². The average molecular weight is 409 g/mol. The van der Waals surface area contributed by atoms with Gasteiger partial charge < -0.3 is 29.2 Å². The molecule has 0 aliphatic rings. The van der Waals surface area contributed by atoms with E-state index < -0.39 is 12.2 Å². The Labute approximate surface area is 173 Å². The van der Waals surface area contributed by atoms with Gasteiger partial charge in [-0.1, -0.05) is 26.7 Å². The Balaban J connectivity index is 0. The molecule has 28 heavy (non-hydrogen) atoms. The van der Waals surface area contributed by atoms with Gasteiger partial charge in [0.1, 0.15) is 12.2 Å². The number of unbranched alkanes of at least 4 members (excludes halogenated alkanes) is 2. The van der Waals surface area contributed by atoms with E-state index in [0.29, 0.717) is 26.4 Å². The molecule has 0 aromatic heterocycles. The van der Waals surface area contributed by atoms with Gasteiger partial charge in [-0.15, -0.1) is 0 Å². The van der Waals surface area contributed by atoms with E-state index in [4.69, 9.17) is 18.9 Å². The van der Waals surface area contributed by atoms with Crippen LogP contribution in [0.5, 0.6) is 0 Å². The fraction of sp³-hybridized carbons (Fsp3) is 1.00.